The van der Waals surface area contributed by atoms with Crippen molar-refractivity contribution in [3.63, 3.8) is 0 Å². The van der Waals surface area contributed by atoms with Crippen molar-refractivity contribution in [1.29, 1.82) is 0 Å². The van der Waals surface area contributed by atoms with Gasteiger partial charge in [0.1, 0.15) is 11.1 Å². The molecule has 0 unspecified atom stereocenters. The van der Waals surface area contributed by atoms with Gasteiger partial charge >= 0.3 is 0 Å². The minimum Gasteiger partial charge on any atom is -0.451 e. The second-order valence-electron chi connectivity index (χ2n) is 3.18. The lowest BCUT2D eigenvalue weighted by molar-refractivity contribution is 0.666. The van der Waals surface area contributed by atoms with E-state index in [1.165, 1.54) is 0 Å². The summed E-state index contributed by atoms with van der Waals surface area (Å²) in [7, 11) is 0. The molecule has 2 aromatic heterocycles. The van der Waals surface area contributed by atoms with Crippen LogP contribution in [0.3, 0.4) is 0 Å². The van der Waals surface area contributed by atoms with E-state index < -0.39 is 0 Å². The summed E-state index contributed by atoms with van der Waals surface area (Å²) in [5.41, 5.74) is 1.54. The molecular weight excluding hydrogens is 270 g/mol. The highest BCUT2D eigenvalue weighted by molar-refractivity contribution is 6.39. The normalized spacial score (nSPS) is 11.4. The van der Waals surface area contributed by atoms with Crippen LogP contribution in [0.4, 0.5) is 0 Å². The van der Waals surface area contributed by atoms with E-state index in [1.807, 2.05) is 0 Å². The van der Waals surface area contributed by atoms with Crippen molar-refractivity contribution in [2.45, 2.75) is 0 Å². The summed E-state index contributed by atoms with van der Waals surface area (Å²) in [4.78, 5) is 7.89. The van der Waals surface area contributed by atoms with Crippen LogP contribution in [0.5, 0.6) is 0 Å². The predicted octanol–water partition coefficient (Wildman–Crippen LogP) is 4.34. The monoisotopic (exact) mass is 272 g/mol. The van der Waals surface area contributed by atoms with Crippen LogP contribution in [0, 0.1) is 0 Å². The van der Waals surface area contributed by atoms with Crippen LogP contribution >= 0.6 is 34.8 Å². The van der Waals surface area contributed by atoms with Crippen molar-refractivity contribution >= 4 is 56.9 Å². The van der Waals surface area contributed by atoms with E-state index in [9.17, 15) is 0 Å². The van der Waals surface area contributed by atoms with E-state index in [1.54, 1.807) is 18.2 Å². The molecule has 0 aliphatic rings. The lowest BCUT2D eigenvalue weighted by Crippen LogP contribution is -1.83. The molecule has 0 bridgehead atoms. The SMILES string of the molecule is Clc1nc(Cl)c2oc3cccc(Cl)c3c2n1. The van der Waals surface area contributed by atoms with E-state index in [4.69, 9.17) is 39.2 Å². The Balaban J connectivity index is 2.63. The number of nitrogens with zero attached hydrogens (tertiary/aromatic N) is 2. The molecule has 3 rings (SSSR count). The lowest BCUT2D eigenvalue weighted by Gasteiger charge is -1.93. The number of aromatic nitrogens is 2. The van der Waals surface area contributed by atoms with E-state index >= 15 is 0 Å². The molecule has 3 aromatic rings. The first-order chi connectivity index (χ1) is 7.66. The fraction of sp³-hybridized carbons (Fsp3) is 0. The van der Waals surface area contributed by atoms with Crippen LogP contribution in [0.1, 0.15) is 0 Å². The molecule has 6 heteroatoms. The van der Waals surface area contributed by atoms with Gasteiger partial charge in [0.05, 0.1) is 10.4 Å². The van der Waals surface area contributed by atoms with Gasteiger partial charge in [-0.3, -0.25) is 0 Å². The Hall–Kier alpha value is -1.03. The summed E-state index contributed by atoms with van der Waals surface area (Å²) < 4.78 is 5.52. The smallest absolute Gasteiger partial charge is 0.224 e. The molecular formula is C10H3Cl3N2O. The van der Waals surface area contributed by atoms with Gasteiger partial charge in [0.15, 0.2) is 10.7 Å². The van der Waals surface area contributed by atoms with Gasteiger partial charge in [-0.25, -0.2) is 9.97 Å². The highest BCUT2D eigenvalue weighted by atomic mass is 35.5. The third-order valence-corrected chi connectivity index (χ3v) is 2.96. The van der Waals surface area contributed by atoms with Crippen molar-refractivity contribution in [2.75, 3.05) is 0 Å². The molecule has 0 atom stereocenters. The molecule has 80 valence electrons. The molecule has 0 amide bonds. The first-order valence-electron chi connectivity index (χ1n) is 4.36. The van der Waals surface area contributed by atoms with E-state index in [0.29, 0.717) is 27.1 Å². The van der Waals surface area contributed by atoms with Gasteiger partial charge in [0.2, 0.25) is 5.28 Å². The van der Waals surface area contributed by atoms with E-state index in [0.717, 1.165) is 0 Å². The Morgan fingerprint density at radius 2 is 1.88 bits per heavy atom. The van der Waals surface area contributed by atoms with Crippen molar-refractivity contribution in [1.82, 2.24) is 9.97 Å². The van der Waals surface area contributed by atoms with Crippen LogP contribution in [0.15, 0.2) is 22.6 Å². The Labute approximate surface area is 105 Å². The highest BCUT2D eigenvalue weighted by Gasteiger charge is 2.15. The Morgan fingerprint density at radius 1 is 1.06 bits per heavy atom. The Morgan fingerprint density at radius 3 is 2.69 bits per heavy atom. The number of benzene rings is 1. The second-order valence-corrected chi connectivity index (χ2v) is 4.28. The van der Waals surface area contributed by atoms with Crippen LogP contribution in [0.2, 0.25) is 15.5 Å². The average molecular weight is 274 g/mol. The minimum absolute atomic E-state index is 0.0696. The second kappa shape index (κ2) is 3.48. The molecule has 0 radical (unpaired) electrons. The summed E-state index contributed by atoms with van der Waals surface area (Å²) in [6.07, 6.45) is 0. The first-order valence-corrected chi connectivity index (χ1v) is 5.50. The maximum absolute atomic E-state index is 6.08. The number of rotatable bonds is 0. The zero-order valence-corrected chi connectivity index (χ0v) is 9.94. The zero-order chi connectivity index (χ0) is 11.3. The molecule has 1 aromatic carbocycles. The van der Waals surface area contributed by atoms with Crippen molar-refractivity contribution in [2.24, 2.45) is 0 Å². The molecule has 0 aliphatic carbocycles. The van der Waals surface area contributed by atoms with E-state index in [-0.39, 0.29) is 10.4 Å². The van der Waals surface area contributed by atoms with Gasteiger partial charge in [-0.1, -0.05) is 29.3 Å². The molecule has 0 aliphatic heterocycles. The van der Waals surface area contributed by atoms with Gasteiger partial charge in [-0.05, 0) is 23.7 Å². The van der Waals surface area contributed by atoms with Crippen molar-refractivity contribution in [3.05, 3.63) is 33.7 Å². The molecule has 0 saturated heterocycles. The third kappa shape index (κ3) is 1.36. The zero-order valence-electron chi connectivity index (χ0n) is 7.67. The van der Waals surface area contributed by atoms with Gasteiger partial charge in [-0.2, -0.15) is 0 Å². The molecule has 0 saturated carbocycles. The number of halogens is 3. The number of hydrogen-bond acceptors (Lipinski definition) is 3. The molecule has 3 nitrogen and oxygen atoms in total. The topological polar surface area (TPSA) is 38.9 Å². The van der Waals surface area contributed by atoms with Gasteiger partial charge in [0.25, 0.3) is 0 Å². The fourth-order valence-corrected chi connectivity index (χ4v) is 2.26. The Bertz CT molecular complexity index is 708. The van der Waals surface area contributed by atoms with Gasteiger partial charge in [0, 0.05) is 0 Å². The summed E-state index contributed by atoms with van der Waals surface area (Å²) in [6.45, 7) is 0. The van der Waals surface area contributed by atoms with Crippen LogP contribution in [-0.4, -0.2) is 9.97 Å². The van der Waals surface area contributed by atoms with E-state index in [2.05, 4.69) is 9.97 Å². The number of furan rings is 1. The minimum atomic E-state index is 0.0696. The van der Waals surface area contributed by atoms with Gasteiger partial charge in [-0.15, -0.1) is 0 Å². The van der Waals surface area contributed by atoms with Crippen molar-refractivity contribution in [3.8, 4) is 0 Å². The third-order valence-electron chi connectivity index (χ3n) is 2.22. The number of hydrogen-bond donors (Lipinski definition) is 0. The molecule has 0 fully saturated rings. The van der Waals surface area contributed by atoms with Crippen LogP contribution in [0.25, 0.3) is 22.1 Å². The number of fused-ring (bicyclic) bond motifs is 3. The summed E-state index contributed by atoms with van der Waals surface area (Å²) in [5, 5.41) is 1.50. The maximum Gasteiger partial charge on any atom is 0.224 e. The van der Waals surface area contributed by atoms with Gasteiger partial charge < -0.3 is 4.42 Å². The molecule has 16 heavy (non-hydrogen) atoms. The predicted molar refractivity (Wildman–Crippen MR) is 64.3 cm³/mol. The standard InChI is InChI=1S/C10H3Cl3N2O/c11-4-2-1-3-5-6(4)7-8(16-5)9(12)15-10(13)14-7/h1-3H. The first kappa shape index (κ1) is 10.1. The van der Waals surface area contributed by atoms with Crippen LogP contribution < -0.4 is 0 Å². The quantitative estimate of drug-likeness (QED) is 0.452. The fourth-order valence-electron chi connectivity index (χ4n) is 1.59. The van der Waals surface area contributed by atoms with Crippen molar-refractivity contribution < 1.29 is 4.42 Å². The average Bonchev–Trinajstić information content (AvgIpc) is 2.58. The summed E-state index contributed by atoms with van der Waals surface area (Å²) in [5.74, 6) is 0. The van der Waals surface area contributed by atoms with Crippen LogP contribution in [-0.2, 0) is 0 Å². The summed E-state index contributed by atoms with van der Waals surface area (Å²) >= 11 is 17.7. The molecule has 0 N–H and O–H groups in total. The largest absolute Gasteiger partial charge is 0.451 e. The lowest BCUT2D eigenvalue weighted by atomic mass is 10.2. The maximum atomic E-state index is 6.08. The summed E-state index contributed by atoms with van der Waals surface area (Å²) in [6, 6.07) is 5.33. The molecule has 0 spiro atoms. The Kier molecular flexibility index (Phi) is 2.21. The highest BCUT2D eigenvalue weighted by Crippen LogP contribution is 2.35. The molecule has 2 heterocycles.